The van der Waals surface area contributed by atoms with E-state index >= 15 is 0 Å². The Morgan fingerprint density at radius 2 is 2.13 bits per heavy atom. The van der Waals surface area contributed by atoms with Crippen LogP contribution in [-0.4, -0.2) is 25.7 Å². The maximum Gasteiger partial charge on any atom is 0.314 e. The number of anilines is 1. The van der Waals surface area contributed by atoms with Gasteiger partial charge in [0.05, 0.1) is 22.4 Å². The summed E-state index contributed by atoms with van der Waals surface area (Å²) in [4.78, 5) is 22.4. The predicted molar refractivity (Wildman–Crippen MR) is 85.1 cm³/mol. The van der Waals surface area contributed by atoms with Crippen molar-refractivity contribution in [2.75, 3.05) is 5.32 Å². The van der Waals surface area contributed by atoms with Crippen molar-refractivity contribution >= 4 is 28.9 Å². The molecular formula is C14H15ClN4O4. The second-order valence-corrected chi connectivity index (χ2v) is 5.65. The second-order valence-electron chi connectivity index (χ2n) is 5.21. The highest BCUT2D eigenvalue weighted by atomic mass is 35.5. The zero-order valence-electron chi connectivity index (χ0n) is 12.7. The van der Waals surface area contributed by atoms with E-state index in [-0.39, 0.29) is 16.8 Å². The van der Waals surface area contributed by atoms with E-state index in [0.717, 1.165) is 6.07 Å². The van der Waals surface area contributed by atoms with Gasteiger partial charge >= 0.3 is 5.69 Å². The van der Waals surface area contributed by atoms with Crippen LogP contribution in [0, 0.1) is 17.0 Å². The minimum absolute atomic E-state index is 0.0272. The lowest BCUT2D eigenvalue weighted by molar-refractivity contribution is -0.385. The van der Waals surface area contributed by atoms with Gasteiger partial charge in [0.15, 0.2) is 0 Å². The number of carbonyl (C=O) groups is 1. The normalized spacial score (nSPS) is 10.8. The molecule has 0 spiro atoms. The van der Waals surface area contributed by atoms with Crippen LogP contribution in [0.2, 0.25) is 5.02 Å². The van der Waals surface area contributed by atoms with Crippen LogP contribution in [0.3, 0.4) is 0 Å². The van der Waals surface area contributed by atoms with Crippen LogP contribution in [0.25, 0.3) is 0 Å². The van der Waals surface area contributed by atoms with E-state index in [0.29, 0.717) is 11.3 Å². The standard InChI is InChI=1S/C14H15ClN4O4/c1-7(2)18-8(3)10(6-16-18)14(21)17-11-4-9(15)5-12(13(11)20)19(22)23/h4-7,20H,1-3H3,(H,17,21). The summed E-state index contributed by atoms with van der Waals surface area (Å²) in [7, 11) is 0. The number of nitrogens with one attached hydrogen (secondary N) is 1. The van der Waals surface area contributed by atoms with Crippen molar-refractivity contribution < 1.29 is 14.8 Å². The van der Waals surface area contributed by atoms with Gasteiger partial charge in [0, 0.05) is 22.8 Å². The van der Waals surface area contributed by atoms with Gasteiger partial charge in [0.25, 0.3) is 5.91 Å². The summed E-state index contributed by atoms with van der Waals surface area (Å²) in [5.74, 6) is -1.19. The lowest BCUT2D eigenvalue weighted by atomic mass is 10.2. The van der Waals surface area contributed by atoms with Gasteiger partial charge < -0.3 is 10.4 Å². The summed E-state index contributed by atoms with van der Waals surface area (Å²) in [6.45, 7) is 5.59. The number of phenolic OH excluding ortho intramolecular Hbond substituents is 1. The zero-order valence-corrected chi connectivity index (χ0v) is 13.5. The lowest BCUT2D eigenvalue weighted by Crippen LogP contribution is -2.14. The monoisotopic (exact) mass is 338 g/mol. The molecule has 0 unspecified atom stereocenters. The Bertz CT molecular complexity index is 785. The summed E-state index contributed by atoms with van der Waals surface area (Å²) in [6, 6.07) is 2.33. The van der Waals surface area contributed by atoms with E-state index in [4.69, 9.17) is 11.6 Å². The van der Waals surface area contributed by atoms with Gasteiger partial charge in [-0.3, -0.25) is 19.6 Å². The van der Waals surface area contributed by atoms with Crippen LogP contribution in [0.4, 0.5) is 11.4 Å². The number of rotatable bonds is 4. The molecule has 122 valence electrons. The highest BCUT2D eigenvalue weighted by Gasteiger charge is 2.22. The van der Waals surface area contributed by atoms with Gasteiger partial charge in [-0.2, -0.15) is 5.10 Å². The molecule has 0 fully saturated rings. The van der Waals surface area contributed by atoms with Crippen molar-refractivity contribution in [2.45, 2.75) is 26.8 Å². The number of benzene rings is 1. The number of nitrogens with zero attached hydrogens (tertiary/aromatic N) is 3. The first-order chi connectivity index (χ1) is 10.7. The number of aromatic hydroxyl groups is 1. The van der Waals surface area contributed by atoms with Crippen LogP contribution in [0.15, 0.2) is 18.3 Å². The summed E-state index contributed by atoms with van der Waals surface area (Å²) < 4.78 is 1.68. The average molecular weight is 339 g/mol. The van der Waals surface area contributed by atoms with E-state index in [1.807, 2.05) is 13.8 Å². The number of carbonyl (C=O) groups excluding carboxylic acids is 1. The Morgan fingerprint density at radius 3 is 2.65 bits per heavy atom. The molecule has 1 aromatic carbocycles. The van der Waals surface area contributed by atoms with Crippen molar-refractivity contribution in [3.05, 3.63) is 44.7 Å². The zero-order chi connectivity index (χ0) is 17.3. The van der Waals surface area contributed by atoms with Crippen LogP contribution < -0.4 is 5.32 Å². The number of hydrogen-bond donors (Lipinski definition) is 2. The number of nitro benzene ring substituents is 1. The molecule has 8 nitrogen and oxygen atoms in total. The van der Waals surface area contributed by atoms with Crippen molar-refractivity contribution in [1.82, 2.24) is 9.78 Å². The van der Waals surface area contributed by atoms with Crippen molar-refractivity contribution in [3.63, 3.8) is 0 Å². The van der Waals surface area contributed by atoms with Gasteiger partial charge in [-0.05, 0) is 26.8 Å². The Morgan fingerprint density at radius 1 is 1.48 bits per heavy atom. The fourth-order valence-electron chi connectivity index (χ4n) is 2.18. The molecule has 1 aromatic heterocycles. The maximum atomic E-state index is 12.3. The van der Waals surface area contributed by atoms with E-state index in [1.165, 1.54) is 12.3 Å². The molecule has 0 bridgehead atoms. The lowest BCUT2D eigenvalue weighted by Gasteiger charge is -2.10. The molecule has 9 heteroatoms. The Labute approximate surface area is 136 Å². The Kier molecular flexibility index (Phi) is 4.55. The van der Waals surface area contributed by atoms with E-state index in [1.54, 1.807) is 11.6 Å². The predicted octanol–water partition coefficient (Wildman–Crippen LogP) is 3.29. The van der Waals surface area contributed by atoms with Crippen LogP contribution in [-0.2, 0) is 0 Å². The molecule has 0 saturated heterocycles. The van der Waals surface area contributed by atoms with Crippen molar-refractivity contribution in [3.8, 4) is 5.75 Å². The highest BCUT2D eigenvalue weighted by molar-refractivity contribution is 6.31. The molecule has 2 rings (SSSR count). The molecule has 0 atom stereocenters. The van der Waals surface area contributed by atoms with Gasteiger partial charge in [-0.25, -0.2) is 0 Å². The first-order valence-electron chi connectivity index (χ1n) is 6.74. The maximum absolute atomic E-state index is 12.3. The quantitative estimate of drug-likeness (QED) is 0.505. The summed E-state index contributed by atoms with van der Waals surface area (Å²) in [5, 5.41) is 27.4. The van der Waals surface area contributed by atoms with E-state index in [2.05, 4.69) is 10.4 Å². The Hall–Kier alpha value is -2.61. The molecule has 0 radical (unpaired) electrons. The van der Waals surface area contributed by atoms with Gasteiger partial charge in [-0.1, -0.05) is 11.6 Å². The second kappa shape index (κ2) is 6.25. The first kappa shape index (κ1) is 16.8. The number of aromatic nitrogens is 2. The SMILES string of the molecule is Cc1c(C(=O)Nc2cc(Cl)cc([N+](=O)[O-])c2O)cnn1C(C)C. The average Bonchev–Trinajstić information content (AvgIpc) is 2.84. The molecule has 2 N–H and O–H groups in total. The smallest absolute Gasteiger partial charge is 0.314 e. The molecule has 0 aliphatic heterocycles. The van der Waals surface area contributed by atoms with Gasteiger partial charge in [0.2, 0.25) is 5.75 Å². The minimum atomic E-state index is -0.779. The molecule has 2 aromatic rings. The number of phenols is 1. The van der Waals surface area contributed by atoms with Crippen molar-refractivity contribution in [2.24, 2.45) is 0 Å². The fraction of sp³-hybridized carbons (Fsp3) is 0.286. The highest BCUT2D eigenvalue weighted by Crippen LogP contribution is 2.37. The molecule has 0 aliphatic carbocycles. The first-order valence-corrected chi connectivity index (χ1v) is 7.12. The largest absolute Gasteiger partial charge is 0.501 e. The number of nitro groups is 1. The molecule has 0 aliphatic rings. The van der Waals surface area contributed by atoms with Crippen LogP contribution in [0.5, 0.6) is 5.75 Å². The summed E-state index contributed by atoms with van der Waals surface area (Å²) in [6.07, 6.45) is 1.40. The summed E-state index contributed by atoms with van der Waals surface area (Å²) in [5.41, 5.74) is 0.238. The van der Waals surface area contributed by atoms with Crippen molar-refractivity contribution in [1.29, 1.82) is 0 Å². The van der Waals surface area contributed by atoms with E-state index in [9.17, 15) is 20.0 Å². The van der Waals surface area contributed by atoms with Crippen LogP contribution in [0.1, 0.15) is 35.9 Å². The Balaban J connectivity index is 2.36. The number of halogens is 1. The fourth-order valence-corrected chi connectivity index (χ4v) is 2.39. The third-order valence-electron chi connectivity index (χ3n) is 3.28. The number of hydrogen-bond acceptors (Lipinski definition) is 5. The topological polar surface area (TPSA) is 110 Å². The molecule has 0 saturated carbocycles. The minimum Gasteiger partial charge on any atom is -0.501 e. The third-order valence-corrected chi connectivity index (χ3v) is 3.50. The molecule has 23 heavy (non-hydrogen) atoms. The number of amides is 1. The molecule has 1 heterocycles. The summed E-state index contributed by atoms with van der Waals surface area (Å²) >= 11 is 5.79. The van der Waals surface area contributed by atoms with Gasteiger partial charge in [-0.15, -0.1) is 0 Å². The van der Waals surface area contributed by atoms with Gasteiger partial charge in [0.1, 0.15) is 0 Å². The van der Waals surface area contributed by atoms with E-state index < -0.39 is 22.3 Å². The molecular weight excluding hydrogens is 324 g/mol. The third kappa shape index (κ3) is 3.26. The van der Waals surface area contributed by atoms with Crippen LogP contribution >= 0.6 is 11.6 Å². The molecule has 1 amide bonds.